The average molecular weight is 244 g/mol. The topological polar surface area (TPSA) is 30.7 Å². The van der Waals surface area contributed by atoms with E-state index in [-0.39, 0.29) is 11.1 Å². The molecule has 0 saturated carbocycles. The largest absolute Gasteiger partial charge is 0.217 e. The second-order valence-corrected chi connectivity index (χ2v) is 3.95. The van der Waals surface area contributed by atoms with E-state index >= 15 is 0 Å². The minimum atomic E-state index is -0.696. The Morgan fingerprint density at radius 2 is 2.12 bits per heavy atom. The molecule has 16 heavy (non-hydrogen) atoms. The number of hydrogen-bond donors (Lipinski definition) is 0. The molecule has 0 amide bonds. The van der Waals surface area contributed by atoms with Crippen LogP contribution in [0.25, 0.3) is 5.69 Å². The Balaban J connectivity index is 2.42. The number of alkyl halides is 1. The fourth-order valence-electron chi connectivity index (χ4n) is 1.24. The van der Waals surface area contributed by atoms with Gasteiger partial charge in [0.2, 0.25) is 0 Å². The Morgan fingerprint density at radius 3 is 2.69 bits per heavy atom. The third-order valence-electron chi connectivity index (χ3n) is 2.08. The molecule has 0 bridgehead atoms. The molecule has 0 N–H and O–H groups in total. The zero-order valence-corrected chi connectivity index (χ0v) is 9.12. The highest BCUT2D eigenvalue weighted by atomic mass is 35.5. The molecule has 1 unspecified atom stereocenters. The predicted molar refractivity (Wildman–Crippen MR) is 55.5 cm³/mol. The third-order valence-corrected chi connectivity index (χ3v) is 2.30. The van der Waals surface area contributed by atoms with E-state index in [0.29, 0.717) is 5.69 Å². The van der Waals surface area contributed by atoms with Gasteiger partial charge in [0.05, 0.1) is 11.6 Å². The number of rotatable bonds is 2. The van der Waals surface area contributed by atoms with Crippen molar-refractivity contribution in [2.75, 3.05) is 0 Å². The molecule has 2 rings (SSSR count). The zero-order chi connectivity index (χ0) is 11.7. The van der Waals surface area contributed by atoms with Crippen molar-refractivity contribution in [3.05, 3.63) is 41.7 Å². The second kappa shape index (κ2) is 4.17. The van der Waals surface area contributed by atoms with Crippen LogP contribution < -0.4 is 0 Å². The summed E-state index contributed by atoms with van der Waals surface area (Å²) in [5.74, 6) is -1.33. The van der Waals surface area contributed by atoms with Crippen LogP contribution in [0.15, 0.2) is 24.4 Å². The Morgan fingerprint density at radius 1 is 1.38 bits per heavy atom. The van der Waals surface area contributed by atoms with Gasteiger partial charge in [-0.2, -0.15) is 0 Å². The average Bonchev–Trinajstić information content (AvgIpc) is 2.66. The van der Waals surface area contributed by atoms with Crippen molar-refractivity contribution < 1.29 is 8.78 Å². The highest BCUT2D eigenvalue weighted by Gasteiger charge is 2.11. The molecular formula is C10H8ClF2N3. The van der Waals surface area contributed by atoms with Crippen molar-refractivity contribution in [1.82, 2.24) is 15.0 Å². The molecule has 1 aromatic heterocycles. The van der Waals surface area contributed by atoms with Crippen LogP contribution in [0.3, 0.4) is 0 Å². The first-order valence-electron chi connectivity index (χ1n) is 4.59. The second-order valence-electron chi connectivity index (χ2n) is 3.30. The van der Waals surface area contributed by atoms with Gasteiger partial charge in [0, 0.05) is 6.07 Å². The van der Waals surface area contributed by atoms with Crippen LogP contribution in [0.5, 0.6) is 0 Å². The van der Waals surface area contributed by atoms with E-state index in [0.717, 1.165) is 12.1 Å². The van der Waals surface area contributed by atoms with Crippen LogP contribution in [-0.2, 0) is 0 Å². The fraction of sp³-hybridized carbons (Fsp3) is 0.200. The van der Waals surface area contributed by atoms with Crippen LogP contribution in [-0.4, -0.2) is 15.0 Å². The minimum absolute atomic E-state index is 0.137. The summed E-state index contributed by atoms with van der Waals surface area (Å²) in [6.07, 6.45) is 1.51. The summed E-state index contributed by atoms with van der Waals surface area (Å²) in [5, 5.41) is 7.19. The Labute approximate surface area is 95.6 Å². The predicted octanol–water partition coefficient (Wildman–Crippen LogP) is 2.85. The number of nitrogens with zero attached hydrogens (tertiary/aromatic N) is 3. The summed E-state index contributed by atoms with van der Waals surface area (Å²) in [6, 6.07) is 3.24. The first kappa shape index (κ1) is 11.0. The summed E-state index contributed by atoms with van der Waals surface area (Å²) in [6.45, 7) is 1.73. The van der Waals surface area contributed by atoms with Gasteiger partial charge in [-0.1, -0.05) is 5.21 Å². The maximum absolute atomic E-state index is 13.4. The molecule has 1 aromatic carbocycles. The van der Waals surface area contributed by atoms with Gasteiger partial charge in [-0.05, 0) is 19.1 Å². The maximum atomic E-state index is 13.4. The molecule has 0 fully saturated rings. The molecular weight excluding hydrogens is 236 g/mol. The van der Waals surface area contributed by atoms with E-state index in [9.17, 15) is 8.78 Å². The molecule has 2 aromatic rings. The van der Waals surface area contributed by atoms with Gasteiger partial charge < -0.3 is 0 Å². The molecule has 0 aliphatic heterocycles. The summed E-state index contributed by atoms with van der Waals surface area (Å²) < 4.78 is 27.3. The van der Waals surface area contributed by atoms with Gasteiger partial charge in [-0.25, -0.2) is 13.5 Å². The lowest BCUT2D eigenvalue weighted by atomic mass is 10.3. The number of aromatic nitrogens is 3. The lowest BCUT2D eigenvalue weighted by Crippen LogP contribution is -1.98. The van der Waals surface area contributed by atoms with E-state index in [1.807, 2.05) is 0 Å². The van der Waals surface area contributed by atoms with Crippen molar-refractivity contribution >= 4 is 11.6 Å². The van der Waals surface area contributed by atoms with Gasteiger partial charge in [0.15, 0.2) is 5.82 Å². The van der Waals surface area contributed by atoms with E-state index in [4.69, 9.17) is 11.6 Å². The molecule has 0 spiro atoms. The summed E-state index contributed by atoms with van der Waals surface area (Å²) in [5.41, 5.74) is 0.669. The molecule has 6 heteroatoms. The summed E-state index contributed by atoms with van der Waals surface area (Å²) >= 11 is 5.80. The Kier molecular flexibility index (Phi) is 2.87. The van der Waals surface area contributed by atoms with Crippen molar-refractivity contribution in [2.24, 2.45) is 0 Å². The van der Waals surface area contributed by atoms with Gasteiger partial charge in [0.25, 0.3) is 0 Å². The monoisotopic (exact) mass is 243 g/mol. The standard InChI is InChI=1S/C10H8ClF2N3/c1-6(11)9-5-16(15-14-9)10-3-2-7(12)4-8(10)13/h2-6H,1H3. The smallest absolute Gasteiger partial charge is 0.151 e. The lowest BCUT2D eigenvalue weighted by molar-refractivity contribution is 0.572. The van der Waals surface area contributed by atoms with Crippen LogP contribution in [0, 0.1) is 11.6 Å². The number of benzene rings is 1. The molecule has 0 radical (unpaired) electrons. The highest BCUT2D eigenvalue weighted by Crippen LogP contribution is 2.19. The zero-order valence-electron chi connectivity index (χ0n) is 8.36. The molecule has 84 valence electrons. The minimum Gasteiger partial charge on any atom is -0.217 e. The lowest BCUT2D eigenvalue weighted by Gasteiger charge is -2.01. The number of halogens is 3. The molecule has 0 aliphatic rings. The van der Waals surface area contributed by atoms with Crippen molar-refractivity contribution in [2.45, 2.75) is 12.3 Å². The molecule has 1 heterocycles. The van der Waals surface area contributed by atoms with E-state index in [1.165, 1.54) is 16.9 Å². The molecule has 0 aliphatic carbocycles. The van der Waals surface area contributed by atoms with Crippen LogP contribution >= 0.6 is 11.6 Å². The first-order valence-corrected chi connectivity index (χ1v) is 5.03. The van der Waals surface area contributed by atoms with E-state index in [1.54, 1.807) is 6.92 Å². The summed E-state index contributed by atoms with van der Waals surface area (Å²) in [7, 11) is 0. The normalized spacial score (nSPS) is 12.8. The van der Waals surface area contributed by atoms with E-state index in [2.05, 4.69) is 10.3 Å². The highest BCUT2D eigenvalue weighted by molar-refractivity contribution is 6.20. The Bertz CT molecular complexity index is 511. The Hall–Kier alpha value is -1.49. The number of hydrogen-bond acceptors (Lipinski definition) is 2. The van der Waals surface area contributed by atoms with Gasteiger partial charge >= 0.3 is 0 Å². The van der Waals surface area contributed by atoms with Crippen LogP contribution in [0.1, 0.15) is 18.0 Å². The molecule has 0 saturated heterocycles. The molecule has 1 atom stereocenters. The quantitative estimate of drug-likeness (QED) is 0.760. The molecule has 3 nitrogen and oxygen atoms in total. The van der Waals surface area contributed by atoms with Crippen molar-refractivity contribution in [1.29, 1.82) is 0 Å². The maximum Gasteiger partial charge on any atom is 0.151 e. The van der Waals surface area contributed by atoms with Crippen molar-refractivity contribution in [3.8, 4) is 5.69 Å². The SMILES string of the molecule is CC(Cl)c1cn(-c2ccc(F)cc2F)nn1. The van der Waals surface area contributed by atoms with Gasteiger partial charge in [0.1, 0.15) is 17.2 Å². The first-order chi connectivity index (χ1) is 7.58. The summed E-state index contributed by atoms with van der Waals surface area (Å²) in [4.78, 5) is 0. The van der Waals surface area contributed by atoms with Crippen LogP contribution in [0.4, 0.5) is 8.78 Å². The van der Waals surface area contributed by atoms with Gasteiger partial charge in [-0.15, -0.1) is 16.7 Å². The van der Waals surface area contributed by atoms with Crippen molar-refractivity contribution in [3.63, 3.8) is 0 Å². The van der Waals surface area contributed by atoms with E-state index < -0.39 is 11.6 Å². The third kappa shape index (κ3) is 2.04. The fourth-order valence-corrected chi connectivity index (χ4v) is 1.34. The van der Waals surface area contributed by atoms with Gasteiger partial charge in [-0.3, -0.25) is 0 Å². The van der Waals surface area contributed by atoms with Crippen LogP contribution in [0.2, 0.25) is 0 Å².